The number of esters is 1. The molecular weight excluding hydrogens is 417 g/mol. The van der Waals surface area contributed by atoms with Gasteiger partial charge < -0.3 is 10.1 Å². The number of hydrogen-bond donors (Lipinski definition) is 1. The Kier molecular flexibility index (Phi) is 7.24. The second-order valence-corrected chi connectivity index (χ2v) is 7.16. The van der Waals surface area contributed by atoms with Crippen molar-refractivity contribution in [3.8, 4) is 0 Å². The second kappa shape index (κ2) is 9.41. The first-order valence-corrected chi connectivity index (χ1v) is 9.09. The third kappa shape index (κ3) is 5.99. The lowest BCUT2D eigenvalue weighted by molar-refractivity contribution is -0.145. The maximum atomic E-state index is 13.0. The summed E-state index contributed by atoms with van der Waals surface area (Å²) in [4.78, 5) is 36.7. The highest BCUT2D eigenvalue weighted by Gasteiger charge is 2.27. The Bertz CT molecular complexity index is 819. The van der Waals surface area contributed by atoms with Crippen molar-refractivity contribution >= 4 is 33.6 Å². The largest absolute Gasteiger partial charge is 0.456 e. The van der Waals surface area contributed by atoms with Crippen molar-refractivity contribution in [3.63, 3.8) is 0 Å². The number of carbonyl (C=O) groups is 3. The molecule has 0 aliphatic carbocycles. The van der Waals surface area contributed by atoms with Crippen molar-refractivity contribution in [2.45, 2.75) is 19.9 Å². The van der Waals surface area contributed by atoms with Crippen LogP contribution in [0.2, 0.25) is 0 Å². The number of benzene rings is 2. The van der Waals surface area contributed by atoms with Crippen molar-refractivity contribution in [1.82, 2.24) is 5.32 Å². The van der Waals surface area contributed by atoms with E-state index in [9.17, 15) is 18.8 Å². The van der Waals surface area contributed by atoms with E-state index in [4.69, 9.17) is 4.74 Å². The van der Waals surface area contributed by atoms with Crippen LogP contribution in [0.4, 0.5) is 4.39 Å². The number of halogens is 2. The first-order chi connectivity index (χ1) is 12.8. The average molecular weight is 436 g/mol. The van der Waals surface area contributed by atoms with Gasteiger partial charge in [0.05, 0.1) is 0 Å². The van der Waals surface area contributed by atoms with Gasteiger partial charge in [0.2, 0.25) is 0 Å². The smallest absolute Gasteiger partial charge is 0.329 e. The molecule has 7 heteroatoms. The van der Waals surface area contributed by atoms with Crippen LogP contribution >= 0.6 is 15.9 Å². The molecule has 0 saturated heterocycles. The van der Waals surface area contributed by atoms with E-state index in [1.54, 1.807) is 38.1 Å². The lowest BCUT2D eigenvalue weighted by Crippen LogP contribution is -2.45. The monoisotopic (exact) mass is 435 g/mol. The van der Waals surface area contributed by atoms with Crippen molar-refractivity contribution in [1.29, 1.82) is 0 Å². The van der Waals surface area contributed by atoms with Gasteiger partial charge in [-0.05, 0) is 42.3 Å². The van der Waals surface area contributed by atoms with E-state index in [-0.39, 0.29) is 17.3 Å². The highest BCUT2D eigenvalue weighted by atomic mass is 79.9. The number of rotatable bonds is 7. The molecule has 0 radical (unpaired) electrons. The van der Waals surface area contributed by atoms with Gasteiger partial charge in [-0.3, -0.25) is 9.59 Å². The molecule has 0 bridgehead atoms. The summed E-state index contributed by atoms with van der Waals surface area (Å²) >= 11 is 3.28. The SMILES string of the molecule is CC(C)C(NC(=O)c1ccc(F)cc1)C(=O)OCC(=O)c1ccc(Br)cc1. The van der Waals surface area contributed by atoms with Crippen LogP contribution in [0.5, 0.6) is 0 Å². The molecule has 0 saturated carbocycles. The van der Waals surface area contributed by atoms with Gasteiger partial charge in [-0.25, -0.2) is 9.18 Å². The van der Waals surface area contributed by atoms with Crippen LogP contribution in [-0.2, 0) is 9.53 Å². The number of Topliss-reactive ketones (excluding diaryl/α,β-unsaturated/α-hetero) is 1. The molecule has 1 amide bonds. The zero-order chi connectivity index (χ0) is 20.0. The molecule has 0 spiro atoms. The van der Waals surface area contributed by atoms with Crippen LogP contribution in [0.15, 0.2) is 53.0 Å². The van der Waals surface area contributed by atoms with Gasteiger partial charge in [0.15, 0.2) is 12.4 Å². The highest BCUT2D eigenvalue weighted by molar-refractivity contribution is 9.10. The Labute approximate surface area is 165 Å². The Morgan fingerprint density at radius 3 is 2.11 bits per heavy atom. The van der Waals surface area contributed by atoms with Gasteiger partial charge in [0, 0.05) is 15.6 Å². The average Bonchev–Trinajstić information content (AvgIpc) is 2.64. The summed E-state index contributed by atoms with van der Waals surface area (Å²) in [5, 5.41) is 2.57. The third-order valence-corrected chi connectivity index (χ3v) is 4.35. The standard InChI is InChI=1S/C20H19BrFNO4/c1-12(2)18(23-19(25)14-5-9-16(22)10-6-14)20(26)27-11-17(24)13-3-7-15(21)8-4-13/h3-10,12,18H,11H2,1-2H3,(H,23,25). The first kappa shape index (κ1) is 20.8. The lowest BCUT2D eigenvalue weighted by atomic mass is 10.0. The molecule has 5 nitrogen and oxygen atoms in total. The van der Waals surface area contributed by atoms with Gasteiger partial charge >= 0.3 is 5.97 Å². The molecule has 142 valence electrons. The maximum Gasteiger partial charge on any atom is 0.329 e. The summed E-state index contributed by atoms with van der Waals surface area (Å²) in [6.07, 6.45) is 0. The fourth-order valence-electron chi connectivity index (χ4n) is 2.27. The van der Waals surface area contributed by atoms with Crippen molar-refractivity contribution in [3.05, 3.63) is 69.9 Å². The molecule has 2 aromatic rings. The Morgan fingerprint density at radius 2 is 1.56 bits per heavy atom. The predicted octanol–water partition coefficient (Wildman–Crippen LogP) is 3.77. The summed E-state index contributed by atoms with van der Waals surface area (Å²) < 4.78 is 18.9. The van der Waals surface area contributed by atoms with Crippen molar-refractivity contribution < 1.29 is 23.5 Å². The van der Waals surface area contributed by atoms with Gasteiger partial charge in [-0.1, -0.05) is 41.9 Å². The minimum atomic E-state index is -0.930. The topological polar surface area (TPSA) is 72.5 Å². The molecule has 1 atom stereocenters. The predicted molar refractivity (Wildman–Crippen MR) is 102 cm³/mol. The molecule has 27 heavy (non-hydrogen) atoms. The van der Waals surface area contributed by atoms with Crippen LogP contribution in [0, 0.1) is 11.7 Å². The fraction of sp³-hybridized carbons (Fsp3) is 0.250. The Hall–Kier alpha value is -2.54. The molecule has 2 rings (SSSR count). The second-order valence-electron chi connectivity index (χ2n) is 6.24. The number of amides is 1. The van der Waals surface area contributed by atoms with Crippen LogP contribution in [0.3, 0.4) is 0 Å². The molecule has 0 aromatic heterocycles. The van der Waals surface area contributed by atoms with Crippen molar-refractivity contribution in [2.75, 3.05) is 6.61 Å². The third-order valence-electron chi connectivity index (χ3n) is 3.83. The minimum absolute atomic E-state index is 0.223. The molecule has 1 N–H and O–H groups in total. The number of hydrogen-bond acceptors (Lipinski definition) is 4. The summed E-state index contributed by atoms with van der Waals surface area (Å²) in [6.45, 7) is 3.07. The summed E-state index contributed by atoms with van der Waals surface area (Å²) in [5.74, 6) is -2.29. The fourth-order valence-corrected chi connectivity index (χ4v) is 2.53. The Balaban J connectivity index is 1.97. The molecule has 1 unspecified atom stereocenters. The van der Waals surface area contributed by atoms with E-state index in [2.05, 4.69) is 21.2 Å². The first-order valence-electron chi connectivity index (χ1n) is 8.29. The molecule has 0 fully saturated rings. The van der Waals surface area contributed by atoms with E-state index in [0.717, 1.165) is 16.6 Å². The van der Waals surface area contributed by atoms with Crippen LogP contribution in [0.25, 0.3) is 0 Å². The molecule has 0 aliphatic heterocycles. The van der Waals surface area contributed by atoms with E-state index < -0.39 is 30.3 Å². The molecular formula is C20H19BrFNO4. The zero-order valence-corrected chi connectivity index (χ0v) is 16.5. The van der Waals surface area contributed by atoms with Crippen LogP contribution < -0.4 is 5.32 Å². The Morgan fingerprint density at radius 1 is 1.00 bits per heavy atom. The summed E-state index contributed by atoms with van der Waals surface area (Å²) in [7, 11) is 0. The molecule has 0 aliphatic rings. The van der Waals surface area contributed by atoms with Crippen LogP contribution in [-0.4, -0.2) is 30.3 Å². The lowest BCUT2D eigenvalue weighted by Gasteiger charge is -2.20. The van der Waals surface area contributed by atoms with E-state index in [1.165, 1.54) is 12.1 Å². The quantitative estimate of drug-likeness (QED) is 0.530. The van der Waals surface area contributed by atoms with E-state index in [0.29, 0.717) is 5.56 Å². The van der Waals surface area contributed by atoms with Crippen molar-refractivity contribution in [2.24, 2.45) is 5.92 Å². The minimum Gasteiger partial charge on any atom is -0.456 e. The van der Waals surface area contributed by atoms with Gasteiger partial charge in [0.25, 0.3) is 5.91 Å². The molecule has 0 heterocycles. The number of ether oxygens (including phenoxy) is 1. The normalized spacial score (nSPS) is 11.7. The number of ketones is 1. The molecule has 2 aromatic carbocycles. The van der Waals surface area contributed by atoms with E-state index >= 15 is 0 Å². The van der Waals surface area contributed by atoms with Gasteiger partial charge in [-0.15, -0.1) is 0 Å². The van der Waals surface area contributed by atoms with Crippen LogP contribution in [0.1, 0.15) is 34.6 Å². The van der Waals surface area contributed by atoms with Gasteiger partial charge in [0.1, 0.15) is 11.9 Å². The maximum absolute atomic E-state index is 13.0. The summed E-state index contributed by atoms with van der Waals surface area (Å²) in [6, 6.07) is 10.7. The summed E-state index contributed by atoms with van der Waals surface area (Å²) in [5.41, 5.74) is 0.642. The van der Waals surface area contributed by atoms with E-state index in [1.807, 2.05) is 0 Å². The highest BCUT2D eigenvalue weighted by Crippen LogP contribution is 2.12. The van der Waals surface area contributed by atoms with Gasteiger partial charge in [-0.2, -0.15) is 0 Å². The zero-order valence-electron chi connectivity index (χ0n) is 14.9. The number of nitrogens with one attached hydrogen (secondary N) is 1. The number of carbonyl (C=O) groups excluding carboxylic acids is 3.